The highest BCUT2D eigenvalue weighted by Gasteiger charge is 2.29. The second-order valence-corrected chi connectivity index (χ2v) is 14.1. The molecule has 2 aromatic rings. The molecule has 0 radical (unpaired) electrons. The number of aromatic hydroxyl groups is 1. The smallest absolute Gasteiger partial charge is 0.317 e. The topological polar surface area (TPSA) is 180 Å². The molecule has 2 heterocycles. The van der Waals surface area contributed by atoms with Crippen LogP contribution in [0.25, 0.3) is 0 Å². The Balaban J connectivity index is 1.26. The number of phenolic OH excluding ortho intramolecular Hbond substituents is 1. The van der Waals surface area contributed by atoms with Gasteiger partial charge >= 0.3 is 5.97 Å². The van der Waals surface area contributed by atoms with Crippen LogP contribution in [0.2, 0.25) is 0 Å². The van der Waals surface area contributed by atoms with E-state index in [1.54, 1.807) is 35.2 Å². The van der Waals surface area contributed by atoms with Crippen molar-refractivity contribution in [3.63, 3.8) is 0 Å². The van der Waals surface area contributed by atoms with Crippen LogP contribution in [0.5, 0.6) is 5.75 Å². The number of carbonyl (C=O) groups is 1. The second-order valence-electron chi connectivity index (χ2n) is 10.4. The number of aliphatic carboxylic acids is 1. The third-order valence-corrected chi connectivity index (χ3v) is 9.83. The summed E-state index contributed by atoms with van der Waals surface area (Å²) in [6, 6.07) is 11.3. The van der Waals surface area contributed by atoms with Gasteiger partial charge in [0.05, 0.1) is 29.5 Å². The van der Waals surface area contributed by atoms with Gasteiger partial charge in [0, 0.05) is 57.5 Å². The molecule has 2 aliphatic heterocycles. The predicted molar refractivity (Wildman–Crippen MR) is 154 cm³/mol. The fraction of sp³-hybridized carbons (Fsp3) is 0.500. The molecule has 0 spiro atoms. The van der Waals surface area contributed by atoms with Crippen LogP contribution in [0, 0.1) is 0 Å². The number of anilines is 2. The van der Waals surface area contributed by atoms with Gasteiger partial charge < -0.3 is 25.5 Å². The maximum Gasteiger partial charge on any atom is 0.317 e. The monoisotopic (exact) mass is 611 g/mol. The van der Waals surface area contributed by atoms with E-state index in [-0.39, 0.29) is 48.6 Å². The van der Waals surface area contributed by atoms with Crippen LogP contribution in [0.3, 0.4) is 0 Å². The zero-order valence-electron chi connectivity index (χ0n) is 22.8. The van der Waals surface area contributed by atoms with Gasteiger partial charge in [0.15, 0.2) is 0 Å². The summed E-state index contributed by atoms with van der Waals surface area (Å²) in [4.78, 5) is 15.0. The lowest BCUT2D eigenvalue weighted by Gasteiger charge is -2.35. The molecule has 2 fully saturated rings. The zero-order valence-corrected chi connectivity index (χ0v) is 24.4. The van der Waals surface area contributed by atoms with Gasteiger partial charge in [0.2, 0.25) is 20.0 Å². The van der Waals surface area contributed by atoms with Gasteiger partial charge in [-0.1, -0.05) is 6.07 Å². The average molecular weight is 612 g/mol. The number of carboxylic acids is 1. The van der Waals surface area contributed by atoms with E-state index in [1.807, 2.05) is 0 Å². The van der Waals surface area contributed by atoms with Crippen LogP contribution in [-0.4, -0.2) is 112 Å². The molecule has 226 valence electrons. The van der Waals surface area contributed by atoms with Crippen LogP contribution in [0.4, 0.5) is 11.4 Å². The lowest BCUT2D eigenvalue weighted by Crippen LogP contribution is -2.49. The Morgan fingerprint density at radius 3 is 2.20 bits per heavy atom. The van der Waals surface area contributed by atoms with E-state index in [0.717, 1.165) is 37.9 Å². The number of rotatable bonds is 11. The fourth-order valence-electron chi connectivity index (χ4n) is 5.08. The standard InChI is InChI=1S/C26H37N5O8S2/c1-40(36,37)28-23-16-19(2-7-24(23)32)25(33)17-27-20-8-10-30(11-9-20)21-3-5-22(6-4-21)41(38,39)31-14-12-29(13-15-31)18-26(34)35/h2-7,16,20,25,27-28,32-33H,8-15,17-18H2,1H3,(H,34,35)/t25-/m0/s1. The highest BCUT2D eigenvalue weighted by molar-refractivity contribution is 7.92. The normalized spacial score (nSPS) is 18.7. The van der Waals surface area contributed by atoms with Crippen molar-refractivity contribution in [3.05, 3.63) is 48.0 Å². The van der Waals surface area contributed by atoms with Crippen molar-refractivity contribution >= 4 is 37.4 Å². The van der Waals surface area contributed by atoms with E-state index >= 15 is 0 Å². The van der Waals surface area contributed by atoms with E-state index in [2.05, 4.69) is 14.9 Å². The maximum atomic E-state index is 13.1. The summed E-state index contributed by atoms with van der Waals surface area (Å²) < 4.78 is 52.8. The van der Waals surface area contributed by atoms with Crippen molar-refractivity contribution in [2.24, 2.45) is 0 Å². The number of hydrogen-bond acceptors (Lipinski definition) is 10. The van der Waals surface area contributed by atoms with E-state index < -0.39 is 32.1 Å². The van der Waals surface area contributed by atoms with Gasteiger partial charge in [-0.05, 0) is 54.8 Å². The quantitative estimate of drug-likeness (QED) is 0.223. The molecule has 1 atom stereocenters. The first-order valence-corrected chi connectivity index (χ1v) is 16.7. The summed E-state index contributed by atoms with van der Waals surface area (Å²) in [5, 5.41) is 32.8. The first-order chi connectivity index (χ1) is 19.3. The van der Waals surface area contributed by atoms with E-state index in [1.165, 1.54) is 16.4 Å². The molecule has 2 aliphatic rings. The Hall–Kier alpha value is -2.95. The molecule has 13 nitrogen and oxygen atoms in total. The van der Waals surface area contributed by atoms with Crippen LogP contribution < -0.4 is 14.9 Å². The largest absolute Gasteiger partial charge is 0.506 e. The number of aliphatic hydroxyl groups is 1. The Kier molecular flexibility index (Phi) is 9.77. The summed E-state index contributed by atoms with van der Waals surface area (Å²) in [6.45, 7) is 2.89. The molecular weight excluding hydrogens is 574 g/mol. The minimum Gasteiger partial charge on any atom is -0.506 e. The van der Waals surface area contributed by atoms with Crippen LogP contribution >= 0.6 is 0 Å². The Bertz CT molecular complexity index is 1420. The van der Waals surface area contributed by atoms with E-state index in [9.17, 15) is 31.8 Å². The molecule has 0 aliphatic carbocycles. The number of aliphatic hydroxyl groups excluding tert-OH is 1. The molecule has 2 aromatic carbocycles. The van der Waals surface area contributed by atoms with E-state index in [4.69, 9.17) is 5.11 Å². The Labute approximate surface area is 240 Å². The maximum absolute atomic E-state index is 13.1. The van der Waals surface area contributed by atoms with Gasteiger partial charge in [0.1, 0.15) is 5.75 Å². The number of benzene rings is 2. The van der Waals surface area contributed by atoms with Gasteiger partial charge in [-0.15, -0.1) is 0 Å². The first kappa shape index (κ1) is 31.0. The van der Waals surface area contributed by atoms with Crippen molar-refractivity contribution in [2.45, 2.75) is 29.9 Å². The van der Waals surface area contributed by atoms with Crippen molar-refractivity contribution in [2.75, 3.05) is 68.2 Å². The summed E-state index contributed by atoms with van der Waals surface area (Å²) in [5.41, 5.74) is 1.40. The molecule has 0 unspecified atom stereocenters. The van der Waals surface area contributed by atoms with Gasteiger partial charge in [0.25, 0.3) is 0 Å². The summed E-state index contributed by atoms with van der Waals surface area (Å²) in [6.07, 6.45) is 1.70. The number of phenols is 1. The molecule has 0 saturated carbocycles. The summed E-state index contributed by atoms with van der Waals surface area (Å²) in [5.74, 6) is -1.16. The molecule has 41 heavy (non-hydrogen) atoms. The number of piperidine rings is 1. The fourth-order valence-corrected chi connectivity index (χ4v) is 7.06. The van der Waals surface area contributed by atoms with Crippen LogP contribution in [-0.2, 0) is 24.8 Å². The molecule has 2 saturated heterocycles. The Morgan fingerprint density at radius 2 is 1.61 bits per heavy atom. The van der Waals surface area contributed by atoms with Crippen molar-refractivity contribution in [1.82, 2.24) is 14.5 Å². The minimum absolute atomic E-state index is 0.00879. The van der Waals surface area contributed by atoms with Crippen molar-refractivity contribution < 1.29 is 36.9 Å². The molecule has 0 aromatic heterocycles. The highest BCUT2D eigenvalue weighted by Crippen LogP contribution is 2.28. The van der Waals surface area contributed by atoms with Gasteiger partial charge in [-0.25, -0.2) is 16.8 Å². The molecule has 5 N–H and O–H groups in total. The predicted octanol–water partition coefficient (Wildman–Crippen LogP) is 0.447. The molecule has 0 bridgehead atoms. The van der Waals surface area contributed by atoms with Crippen molar-refractivity contribution in [1.29, 1.82) is 0 Å². The van der Waals surface area contributed by atoms with Crippen molar-refractivity contribution in [3.8, 4) is 5.75 Å². The van der Waals surface area contributed by atoms with Gasteiger partial charge in [-0.3, -0.25) is 14.4 Å². The molecular formula is C26H37N5O8S2. The third kappa shape index (κ3) is 8.30. The number of nitrogens with zero attached hydrogens (tertiary/aromatic N) is 3. The average Bonchev–Trinajstić information content (AvgIpc) is 2.92. The van der Waals surface area contributed by atoms with Gasteiger partial charge in [-0.2, -0.15) is 4.31 Å². The minimum atomic E-state index is -3.66. The number of carboxylic acid groups (broad SMARTS) is 1. The lowest BCUT2D eigenvalue weighted by atomic mass is 10.0. The number of piperazine rings is 1. The summed E-state index contributed by atoms with van der Waals surface area (Å²) in [7, 11) is -7.25. The lowest BCUT2D eigenvalue weighted by molar-refractivity contribution is -0.138. The SMILES string of the molecule is CS(=O)(=O)Nc1cc([C@@H](O)CNC2CCN(c3ccc(S(=O)(=O)N4CCN(CC(=O)O)CC4)cc3)CC2)ccc1O. The van der Waals surface area contributed by atoms with Crippen LogP contribution in [0.1, 0.15) is 24.5 Å². The first-order valence-electron chi connectivity index (χ1n) is 13.3. The van der Waals surface area contributed by atoms with Crippen LogP contribution in [0.15, 0.2) is 47.4 Å². The van der Waals surface area contributed by atoms with E-state index in [0.29, 0.717) is 18.7 Å². The number of sulfonamides is 2. The number of nitrogens with one attached hydrogen (secondary N) is 2. The highest BCUT2D eigenvalue weighted by atomic mass is 32.2. The summed E-state index contributed by atoms with van der Waals surface area (Å²) >= 11 is 0. The third-order valence-electron chi connectivity index (χ3n) is 7.33. The molecule has 0 amide bonds. The molecule has 15 heteroatoms. The number of hydrogen-bond donors (Lipinski definition) is 5. The Morgan fingerprint density at radius 1 is 0.976 bits per heavy atom. The molecule has 4 rings (SSSR count). The second kappa shape index (κ2) is 12.9. The zero-order chi connectivity index (χ0) is 29.8.